The van der Waals surface area contributed by atoms with E-state index in [2.05, 4.69) is 0 Å². The highest BCUT2D eigenvalue weighted by Crippen LogP contribution is 2.38. The molecule has 1 aromatic carbocycles. The molecule has 0 bridgehead atoms. The number of nitrogens with zero attached hydrogens (tertiary/aromatic N) is 2. The van der Waals surface area contributed by atoms with E-state index in [1.165, 1.54) is 5.56 Å². The van der Waals surface area contributed by atoms with E-state index in [1.807, 2.05) is 24.3 Å². The zero-order valence-electron chi connectivity index (χ0n) is 12.9. The van der Waals surface area contributed by atoms with Crippen LogP contribution < -0.4 is 10.6 Å². The Morgan fingerprint density at radius 2 is 2.00 bits per heavy atom. The summed E-state index contributed by atoms with van der Waals surface area (Å²) in [6.07, 6.45) is 4.35. The summed E-state index contributed by atoms with van der Waals surface area (Å²) in [5.74, 6) is -0.806. The Labute approximate surface area is 134 Å². The SMILES string of the molecule is NC(=O)C1CC(=O)N(c2c3c(nc4ccccc24)CCCC3)C1. The summed E-state index contributed by atoms with van der Waals surface area (Å²) in [6.45, 7) is 0.384. The number of carbonyl (C=O) groups is 2. The first kappa shape index (κ1) is 14.2. The largest absolute Gasteiger partial charge is 0.369 e. The lowest BCUT2D eigenvalue weighted by Crippen LogP contribution is -2.30. The van der Waals surface area contributed by atoms with Crippen LogP contribution >= 0.6 is 0 Å². The van der Waals surface area contributed by atoms with Crippen molar-refractivity contribution in [1.82, 2.24) is 4.98 Å². The molecule has 5 heteroatoms. The Hall–Kier alpha value is -2.43. The Morgan fingerprint density at radius 3 is 2.78 bits per heavy atom. The molecule has 1 aromatic heterocycles. The van der Waals surface area contributed by atoms with E-state index in [-0.39, 0.29) is 12.3 Å². The summed E-state index contributed by atoms with van der Waals surface area (Å²) < 4.78 is 0. The van der Waals surface area contributed by atoms with Crippen LogP contribution in [-0.2, 0) is 22.4 Å². The van der Waals surface area contributed by atoms with Crippen LogP contribution in [0.2, 0.25) is 0 Å². The second-order valence-corrected chi connectivity index (χ2v) is 6.42. The van der Waals surface area contributed by atoms with Gasteiger partial charge >= 0.3 is 0 Å². The van der Waals surface area contributed by atoms with Gasteiger partial charge < -0.3 is 10.6 Å². The van der Waals surface area contributed by atoms with Crippen molar-refractivity contribution < 1.29 is 9.59 Å². The first-order valence-electron chi connectivity index (χ1n) is 8.15. The van der Waals surface area contributed by atoms with Gasteiger partial charge in [-0.05, 0) is 37.3 Å². The van der Waals surface area contributed by atoms with Gasteiger partial charge in [0.2, 0.25) is 11.8 Å². The van der Waals surface area contributed by atoms with Crippen LogP contribution in [0.25, 0.3) is 10.9 Å². The summed E-state index contributed by atoms with van der Waals surface area (Å²) in [7, 11) is 0. The number of primary amides is 1. The maximum Gasteiger partial charge on any atom is 0.227 e. The number of carbonyl (C=O) groups excluding carboxylic acids is 2. The molecule has 1 atom stereocenters. The molecule has 1 aliphatic carbocycles. The van der Waals surface area contributed by atoms with E-state index in [9.17, 15) is 9.59 Å². The zero-order chi connectivity index (χ0) is 16.0. The average Bonchev–Trinajstić information content (AvgIpc) is 2.94. The van der Waals surface area contributed by atoms with Gasteiger partial charge in [-0.3, -0.25) is 14.6 Å². The highest BCUT2D eigenvalue weighted by atomic mass is 16.2. The minimum absolute atomic E-state index is 0.0158. The number of aromatic nitrogens is 1. The van der Waals surface area contributed by atoms with Crippen LogP contribution in [0.3, 0.4) is 0 Å². The summed E-state index contributed by atoms with van der Waals surface area (Å²) >= 11 is 0. The third-order valence-corrected chi connectivity index (χ3v) is 4.94. The van der Waals surface area contributed by atoms with E-state index in [0.717, 1.165) is 48.0 Å². The van der Waals surface area contributed by atoms with Crippen LogP contribution in [-0.4, -0.2) is 23.3 Å². The van der Waals surface area contributed by atoms with Crippen LogP contribution in [0, 0.1) is 5.92 Å². The number of nitrogens with two attached hydrogens (primary N) is 1. The third-order valence-electron chi connectivity index (χ3n) is 4.94. The second kappa shape index (κ2) is 5.33. The smallest absolute Gasteiger partial charge is 0.227 e. The molecule has 0 spiro atoms. The Bertz CT molecular complexity index is 815. The predicted molar refractivity (Wildman–Crippen MR) is 88.0 cm³/mol. The maximum atomic E-state index is 12.5. The van der Waals surface area contributed by atoms with E-state index < -0.39 is 11.8 Å². The molecule has 4 rings (SSSR count). The highest BCUT2D eigenvalue weighted by Gasteiger charge is 2.36. The van der Waals surface area contributed by atoms with Crippen LogP contribution in [0.15, 0.2) is 24.3 Å². The Balaban J connectivity index is 1.91. The minimum Gasteiger partial charge on any atom is -0.369 e. The van der Waals surface area contributed by atoms with Crippen molar-refractivity contribution in [2.75, 3.05) is 11.4 Å². The van der Waals surface area contributed by atoms with Crippen molar-refractivity contribution in [1.29, 1.82) is 0 Å². The fourth-order valence-corrected chi connectivity index (χ4v) is 3.77. The van der Waals surface area contributed by atoms with Crippen LogP contribution in [0.1, 0.15) is 30.5 Å². The first-order chi connectivity index (χ1) is 11.1. The quantitative estimate of drug-likeness (QED) is 0.921. The van der Waals surface area contributed by atoms with Gasteiger partial charge in [-0.15, -0.1) is 0 Å². The Kier molecular flexibility index (Phi) is 3.29. The van der Waals surface area contributed by atoms with E-state index in [1.54, 1.807) is 4.90 Å². The number of amides is 2. The van der Waals surface area contributed by atoms with Crippen LogP contribution in [0.5, 0.6) is 0 Å². The first-order valence-corrected chi connectivity index (χ1v) is 8.15. The summed E-state index contributed by atoms with van der Waals surface area (Å²) in [4.78, 5) is 30.6. The molecule has 0 radical (unpaired) electrons. The summed E-state index contributed by atoms with van der Waals surface area (Å²) in [5.41, 5.74) is 9.57. The van der Waals surface area contributed by atoms with Gasteiger partial charge in [0.25, 0.3) is 0 Å². The van der Waals surface area contributed by atoms with Crippen molar-refractivity contribution in [3.63, 3.8) is 0 Å². The number of hydrogen-bond acceptors (Lipinski definition) is 3. The zero-order valence-corrected chi connectivity index (χ0v) is 12.9. The lowest BCUT2D eigenvalue weighted by Gasteiger charge is -2.26. The molecule has 23 heavy (non-hydrogen) atoms. The standard InChI is InChI=1S/C18H19N3O2/c19-18(23)11-9-16(22)21(10-11)17-12-5-1-3-7-14(12)20-15-8-4-2-6-13(15)17/h1,3,5,7,11H,2,4,6,8-10H2,(H2,19,23). The minimum atomic E-state index is -0.395. The molecule has 2 N–H and O–H groups in total. The number of aryl methyl sites for hydroxylation is 1. The highest BCUT2D eigenvalue weighted by molar-refractivity contribution is 6.07. The van der Waals surface area contributed by atoms with Gasteiger partial charge in [0.1, 0.15) is 0 Å². The molecule has 2 amide bonds. The van der Waals surface area contributed by atoms with Gasteiger partial charge in [-0.25, -0.2) is 0 Å². The fourth-order valence-electron chi connectivity index (χ4n) is 3.77. The topological polar surface area (TPSA) is 76.3 Å². The van der Waals surface area contributed by atoms with Crippen molar-refractivity contribution in [2.24, 2.45) is 11.7 Å². The monoisotopic (exact) mass is 309 g/mol. The number of anilines is 1. The lowest BCUT2D eigenvalue weighted by atomic mass is 9.92. The number of rotatable bonds is 2. The maximum absolute atomic E-state index is 12.5. The van der Waals surface area contributed by atoms with Crippen LogP contribution in [0.4, 0.5) is 5.69 Å². The summed E-state index contributed by atoms with van der Waals surface area (Å²) in [5, 5.41) is 0.992. The fraction of sp³-hybridized carbons (Fsp3) is 0.389. The van der Waals surface area contributed by atoms with Gasteiger partial charge in [0.05, 0.1) is 17.1 Å². The molecular formula is C18H19N3O2. The number of hydrogen-bond donors (Lipinski definition) is 1. The van der Waals surface area contributed by atoms with Gasteiger partial charge in [0.15, 0.2) is 0 Å². The normalized spacial score (nSPS) is 20.8. The molecule has 118 valence electrons. The second-order valence-electron chi connectivity index (χ2n) is 6.42. The third kappa shape index (κ3) is 2.27. The van der Waals surface area contributed by atoms with E-state index >= 15 is 0 Å². The number of fused-ring (bicyclic) bond motifs is 2. The average molecular weight is 309 g/mol. The van der Waals surface area contributed by atoms with Gasteiger partial charge in [0, 0.05) is 24.0 Å². The molecule has 1 fully saturated rings. The van der Waals surface area contributed by atoms with E-state index in [0.29, 0.717) is 6.54 Å². The lowest BCUT2D eigenvalue weighted by molar-refractivity contribution is -0.123. The molecule has 1 aliphatic heterocycles. The molecule has 2 aromatic rings. The molecule has 0 saturated carbocycles. The molecule has 1 unspecified atom stereocenters. The molecule has 2 aliphatic rings. The Morgan fingerprint density at radius 1 is 1.22 bits per heavy atom. The number of benzene rings is 1. The molecule has 1 saturated heterocycles. The van der Waals surface area contributed by atoms with E-state index in [4.69, 9.17) is 10.7 Å². The van der Waals surface area contributed by atoms with Crippen molar-refractivity contribution in [3.8, 4) is 0 Å². The van der Waals surface area contributed by atoms with Crippen molar-refractivity contribution >= 4 is 28.4 Å². The number of para-hydroxylation sites is 1. The number of pyridine rings is 1. The predicted octanol–water partition coefficient (Wildman–Crippen LogP) is 1.95. The molecular weight excluding hydrogens is 290 g/mol. The van der Waals surface area contributed by atoms with Gasteiger partial charge in [-0.2, -0.15) is 0 Å². The molecule has 5 nitrogen and oxygen atoms in total. The van der Waals surface area contributed by atoms with Gasteiger partial charge in [-0.1, -0.05) is 18.2 Å². The molecule has 2 heterocycles. The summed E-state index contributed by atoms with van der Waals surface area (Å²) in [6, 6.07) is 7.93. The van der Waals surface area contributed by atoms with Crippen molar-refractivity contribution in [3.05, 3.63) is 35.5 Å². The van der Waals surface area contributed by atoms with Crippen molar-refractivity contribution in [2.45, 2.75) is 32.1 Å².